The second-order valence-electron chi connectivity index (χ2n) is 5.11. The Morgan fingerprint density at radius 2 is 2.37 bits per heavy atom. The number of hydrogen-bond acceptors (Lipinski definition) is 5. The number of esters is 1. The molecule has 0 N–H and O–H groups in total. The van der Waals surface area contributed by atoms with Gasteiger partial charge in [-0.2, -0.15) is 0 Å². The van der Waals surface area contributed by atoms with Gasteiger partial charge in [-0.3, -0.25) is 9.78 Å². The van der Waals surface area contributed by atoms with Crippen molar-refractivity contribution in [3.8, 4) is 0 Å². The van der Waals surface area contributed by atoms with Crippen molar-refractivity contribution < 1.29 is 14.3 Å². The van der Waals surface area contributed by atoms with Crippen molar-refractivity contribution in [1.82, 2.24) is 9.88 Å². The van der Waals surface area contributed by atoms with Crippen molar-refractivity contribution >= 4 is 5.97 Å². The van der Waals surface area contributed by atoms with E-state index in [0.29, 0.717) is 19.8 Å². The molecular formula is C14H20N2O3. The first-order chi connectivity index (χ1) is 9.16. The molecule has 19 heavy (non-hydrogen) atoms. The molecule has 1 fully saturated rings. The highest BCUT2D eigenvalue weighted by Crippen LogP contribution is 2.29. The second kappa shape index (κ2) is 6.12. The van der Waals surface area contributed by atoms with Crippen LogP contribution in [0.15, 0.2) is 24.5 Å². The Labute approximate surface area is 113 Å². The first kappa shape index (κ1) is 14.0. The molecule has 0 radical (unpaired) electrons. The molecule has 1 aromatic heterocycles. The molecule has 0 aromatic carbocycles. The average molecular weight is 264 g/mol. The Balaban J connectivity index is 1.83. The van der Waals surface area contributed by atoms with Crippen molar-refractivity contribution in [3.63, 3.8) is 0 Å². The highest BCUT2D eigenvalue weighted by atomic mass is 16.5. The summed E-state index contributed by atoms with van der Waals surface area (Å²) < 4.78 is 10.1. The number of nitrogens with zero attached hydrogens (tertiary/aromatic N) is 2. The molecule has 2 rings (SSSR count). The van der Waals surface area contributed by atoms with E-state index >= 15 is 0 Å². The maximum atomic E-state index is 11.8. The van der Waals surface area contributed by atoms with Crippen LogP contribution in [0.25, 0.3) is 0 Å². The molecule has 0 amide bonds. The van der Waals surface area contributed by atoms with E-state index in [-0.39, 0.29) is 5.97 Å². The summed E-state index contributed by atoms with van der Waals surface area (Å²) in [4.78, 5) is 18.0. The molecule has 1 aliphatic heterocycles. The molecule has 0 aliphatic carbocycles. The smallest absolute Gasteiger partial charge is 0.317 e. The van der Waals surface area contributed by atoms with Gasteiger partial charge in [-0.25, -0.2) is 0 Å². The van der Waals surface area contributed by atoms with Crippen molar-refractivity contribution in [2.24, 2.45) is 5.41 Å². The molecule has 5 heteroatoms. The monoisotopic (exact) mass is 264 g/mol. The summed E-state index contributed by atoms with van der Waals surface area (Å²) in [6.45, 7) is 2.46. The fourth-order valence-corrected chi connectivity index (χ4v) is 2.30. The molecular weight excluding hydrogens is 244 g/mol. The number of rotatable bonds is 6. The lowest BCUT2D eigenvalue weighted by atomic mass is 9.85. The van der Waals surface area contributed by atoms with E-state index in [9.17, 15) is 4.79 Å². The van der Waals surface area contributed by atoms with E-state index in [1.54, 1.807) is 6.20 Å². The van der Waals surface area contributed by atoms with Crippen molar-refractivity contribution in [2.75, 3.05) is 40.5 Å². The molecule has 1 aromatic rings. The summed E-state index contributed by atoms with van der Waals surface area (Å²) in [6, 6.07) is 3.99. The second-order valence-corrected chi connectivity index (χ2v) is 5.11. The first-order valence-corrected chi connectivity index (χ1v) is 6.40. The van der Waals surface area contributed by atoms with Gasteiger partial charge in [-0.15, -0.1) is 0 Å². The van der Waals surface area contributed by atoms with Gasteiger partial charge in [-0.05, 0) is 25.1 Å². The molecule has 5 nitrogen and oxygen atoms in total. The molecule has 2 heterocycles. The van der Waals surface area contributed by atoms with Crippen molar-refractivity contribution in [2.45, 2.75) is 6.42 Å². The lowest BCUT2D eigenvalue weighted by Crippen LogP contribution is -2.56. The van der Waals surface area contributed by atoms with Gasteiger partial charge >= 0.3 is 5.97 Å². The van der Waals surface area contributed by atoms with Crippen molar-refractivity contribution in [3.05, 3.63) is 30.1 Å². The summed E-state index contributed by atoms with van der Waals surface area (Å²) in [5, 5.41) is 0. The third-order valence-corrected chi connectivity index (χ3v) is 3.45. The minimum absolute atomic E-state index is 0.174. The van der Waals surface area contributed by atoms with Gasteiger partial charge in [0.1, 0.15) is 5.41 Å². The summed E-state index contributed by atoms with van der Waals surface area (Å²) in [7, 11) is 3.44. The highest BCUT2D eigenvalue weighted by molar-refractivity contribution is 5.78. The van der Waals surface area contributed by atoms with E-state index < -0.39 is 5.41 Å². The number of likely N-dealkylation sites (N-methyl/N-ethyl adjacent to an activating group) is 1. The zero-order valence-electron chi connectivity index (χ0n) is 11.5. The van der Waals surface area contributed by atoms with E-state index in [1.807, 2.05) is 19.3 Å². The number of carbonyl (C=O) groups is 1. The molecule has 1 saturated heterocycles. The van der Waals surface area contributed by atoms with Gasteiger partial charge in [0, 0.05) is 25.5 Å². The van der Waals surface area contributed by atoms with Crippen LogP contribution in [0.3, 0.4) is 0 Å². The van der Waals surface area contributed by atoms with Gasteiger partial charge < -0.3 is 14.4 Å². The fourth-order valence-electron chi connectivity index (χ4n) is 2.30. The summed E-state index contributed by atoms with van der Waals surface area (Å²) in [5.41, 5.74) is 0.727. The fraction of sp³-hybridized carbons (Fsp3) is 0.571. The number of carbonyl (C=O) groups excluding carboxylic acids is 1. The molecule has 104 valence electrons. The van der Waals surface area contributed by atoms with Crippen LogP contribution in [-0.2, 0) is 20.7 Å². The third kappa shape index (κ3) is 3.30. The SMILES string of the molecule is COC(=O)C1(CN(C)CCc2cccnc2)COC1. The van der Waals surface area contributed by atoms with Crippen LogP contribution in [0.5, 0.6) is 0 Å². The topological polar surface area (TPSA) is 51.7 Å². The summed E-state index contributed by atoms with van der Waals surface area (Å²) in [5.74, 6) is -0.174. The standard InChI is InChI=1S/C14H20N2O3/c1-16(7-5-12-4-3-6-15-8-12)9-14(10-19-11-14)13(17)18-2/h3-4,6,8H,5,7,9-11H2,1-2H3. The summed E-state index contributed by atoms with van der Waals surface area (Å²) in [6.07, 6.45) is 4.56. The Morgan fingerprint density at radius 3 is 2.89 bits per heavy atom. The Bertz CT molecular complexity index is 418. The van der Waals surface area contributed by atoms with Gasteiger partial charge in [0.25, 0.3) is 0 Å². The molecule has 0 saturated carbocycles. The van der Waals surface area contributed by atoms with Gasteiger partial charge in [0.2, 0.25) is 0 Å². The first-order valence-electron chi connectivity index (χ1n) is 6.40. The van der Waals surface area contributed by atoms with Gasteiger partial charge in [0.15, 0.2) is 0 Å². The Hall–Kier alpha value is -1.46. The molecule has 0 unspecified atom stereocenters. The van der Waals surface area contributed by atoms with E-state index in [2.05, 4.69) is 16.0 Å². The maximum Gasteiger partial charge on any atom is 0.317 e. The Kier molecular flexibility index (Phi) is 4.50. The molecule has 1 aliphatic rings. The van der Waals surface area contributed by atoms with Crippen LogP contribution in [0.4, 0.5) is 0 Å². The normalized spacial score (nSPS) is 17.0. The van der Waals surface area contributed by atoms with Gasteiger partial charge in [-0.1, -0.05) is 6.07 Å². The lowest BCUT2D eigenvalue weighted by molar-refractivity contribution is -0.186. The highest BCUT2D eigenvalue weighted by Gasteiger charge is 2.47. The van der Waals surface area contributed by atoms with E-state index in [1.165, 1.54) is 12.7 Å². The number of pyridine rings is 1. The number of methoxy groups -OCH3 is 1. The summed E-state index contributed by atoms with van der Waals surface area (Å²) >= 11 is 0. The van der Waals surface area contributed by atoms with Crippen LogP contribution < -0.4 is 0 Å². The molecule has 0 atom stereocenters. The van der Waals surface area contributed by atoms with Crippen LogP contribution in [0, 0.1) is 5.41 Å². The largest absolute Gasteiger partial charge is 0.468 e. The number of aromatic nitrogens is 1. The number of hydrogen-bond donors (Lipinski definition) is 0. The zero-order chi connectivity index (χ0) is 13.7. The van der Waals surface area contributed by atoms with Crippen LogP contribution in [0.2, 0.25) is 0 Å². The third-order valence-electron chi connectivity index (χ3n) is 3.45. The van der Waals surface area contributed by atoms with E-state index in [4.69, 9.17) is 9.47 Å². The molecule has 0 bridgehead atoms. The van der Waals surface area contributed by atoms with Gasteiger partial charge in [0.05, 0.1) is 20.3 Å². The number of ether oxygens (including phenoxy) is 2. The van der Waals surface area contributed by atoms with Crippen molar-refractivity contribution in [1.29, 1.82) is 0 Å². The predicted octanol–water partition coefficient (Wildman–Crippen LogP) is 0.745. The predicted molar refractivity (Wildman–Crippen MR) is 70.7 cm³/mol. The minimum atomic E-state index is -0.474. The van der Waals surface area contributed by atoms with Crippen LogP contribution in [0.1, 0.15) is 5.56 Å². The van der Waals surface area contributed by atoms with Crippen LogP contribution in [-0.4, -0.2) is 56.3 Å². The lowest BCUT2D eigenvalue weighted by Gasteiger charge is -2.40. The quantitative estimate of drug-likeness (QED) is 0.710. The Morgan fingerprint density at radius 1 is 1.58 bits per heavy atom. The maximum absolute atomic E-state index is 11.8. The van der Waals surface area contributed by atoms with Crippen LogP contribution >= 0.6 is 0 Å². The molecule has 0 spiro atoms. The minimum Gasteiger partial charge on any atom is -0.468 e. The zero-order valence-corrected chi connectivity index (χ0v) is 11.5. The average Bonchev–Trinajstić information content (AvgIpc) is 2.41. The van der Waals surface area contributed by atoms with E-state index in [0.717, 1.165) is 13.0 Å².